The Balaban J connectivity index is 2.67. The lowest BCUT2D eigenvalue weighted by Gasteiger charge is -2.29. The molecule has 17 heavy (non-hydrogen) atoms. The van der Waals surface area contributed by atoms with Crippen LogP contribution in [0.1, 0.15) is 12.5 Å². The van der Waals surface area contributed by atoms with Gasteiger partial charge in [-0.15, -0.1) is 0 Å². The molecule has 0 aliphatic heterocycles. The molecule has 1 atom stereocenters. The average Bonchev–Trinajstić information content (AvgIpc) is 2.35. The lowest BCUT2D eigenvalue weighted by atomic mass is 9.93. The first-order valence-corrected chi connectivity index (χ1v) is 5.39. The number of aliphatic carboxylic acids is 1. The predicted molar refractivity (Wildman–Crippen MR) is 65.7 cm³/mol. The molecule has 1 unspecified atom stereocenters. The minimum atomic E-state index is -0.975. The molecular formula is C13H17NO3. The van der Waals surface area contributed by atoms with E-state index in [-0.39, 0.29) is 6.61 Å². The second kappa shape index (κ2) is 6.18. The molecule has 0 saturated heterocycles. The summed E-state index contributed by atoms with van der Waals surface area (Å²) in [6.07, 6.45) is 2.59. The minimum Gasteiger partial charge on any atom is -0.478 e. The van der Waals surface area contributed by atoms with Crippen LogP contribution in [0.4, 0.5) is 0 Å². The predicted octanol–water partition coefficient (Wildman–Crippen LogP) is 1.12. The molecule has 3 N–H and O–H groups in total. The Morgan fingerprint density at radius 2 is 2.06 bits per heavy atom. The fraction of sp³-hybridized carbons (Fsp3) is 0.308. The lowest BCUT2D eigenvalue weighted by Crippen LogP contribution is -2.42. The van der Waals surface area contributed by atoms with E-state index in [1.54, 1.807) is 0 Å². The van der Waals surface area contributed by atoms with Crippen LogP contribution in [0, 0.1) is 0 Å². The number of benzene rings is 1. The molecule has 0 aromatic heterocycles. The fourth-order valence-corrected chi connectivity index (χ4v) is 1.50. The van der Waals surface area contributed by atoms with Crippen LogP contribution in [0.3, 0.4) is 0 Å². The van der Waals surface area contributed by atoms with E-state index in [1.165, 1.54) is 6.08 Å². The van der Waals surface area contributed by atoms with Gasteiger partial charge < -0.3 is 15.5 Å². The van der Waals surface area contributed by atoms with Crippen LogP contribution in [0.15, 0.2) is 42.5 Å². The molecule has 0 saturated carbocycles. The van der Waals surface area contributed by atoms with E-state index in [9.17, 15) is 9.90 Å². The van der Waals surface area contributed by atoms with Crippen molar-refractivity contribution in [1.82, 2.24) is 5.32 Å². The van der Waals surface area contributed by atoms with E-state index in [1.807, 2.05) is 37.3 Å². The van der Waals surface area contributed by atoms with Gasteiger partial charge in [0.1, 0.15) is 0 Å². The molecule has 0 amide bonds. The Labute approximate surface area is 101 Å². The van der Waals surface area contributed by atoms with Crippen LogP contribution in [0.2, 0.25) is 0 Å². The molecule has 0 radical (unpaired) electrons. The fourth-order valence-electron chi connectivity index (χ4n) is 1.50. The second-order valence-electron chi connectivity index (χ2n) is 3.98. The SMILES string of the molecule is CC(CO)(NC/C=C/C(=O)O)c1ccccc1. The Bertz CT molecular complexity index is 389. The van der Waals surface area contributed by atoms with Gasteiger partial charge in [-0.3, -0.25) is 0 Å². The van der Waals surface area contributed by atoms with Crippen molar-refractivity contribution in [2.45, 2.75) is 12.5 Å². The first kappa shape index (κ1) is 13.4. The summed E-state index contributed by atoms with van der Waals surface area (Å²) in [5.41, 5.74) is 0.399. The number of nitrogens with one attached hydrogen (secondary N) is 1. The van der Waals surface area contributed by atoms with Gasteiger partial charge in [0.05, 0.1) is 12.1 Å². The summed E-state index contributed by atoms with van der Waals surface area (Å²) in [5.74, 6) is -0.975. The van der Waals surface area contributed by atoms with Gasteiger partial charge in [0.25, 0.3) is 0 Å². The summed E-state index contributed by atoms with van der Waals surface area (Å²) in [7, 11) is 0. The Hall–Kier alpha value is -1.65. The average molecular weight is 235 g/mol. The molecule has 0 spiro atoms. The van der Waals surface area contributed by atoms with Crippen LogP contribution < -0.4 is 5.32 Å². The van der Waals surface area contributed by atoms with E-state index in [0.717, 1.165) is 11.6 Å². The number of rotatable bonds is 6. The summed E-state index contributed by atoms with van der Waals surface area (Å²) in [4.78, 5) is 10.3. The second-order valence-corrected chi connectivity index (χ2v) is 3.98. The topological polar surface area (TPSA) is 69.6 Å². The third-order valence-corrected chi connectivity index (χ3v) is 2.60. The molecule has 4 nitrogen and oxygen atoms in total. The van der Waals surface area contributed by atoms with Crippen LogP contribution in [-0.2, 0) is 10.3 Å². The summed E-state index contributed by atoms with van der Waals surface area (Å²) in [6, 6.07) is 9.55. The van der Waals surface area contributed by atoms with E-state index in [0.29, 0.717) is 6.54 Å². The molecule has 0 aliphatic rings. The quantitative estimate of drug-likeness (QED) is 0.646. The summed E-state index contributed by atoms with van der Waals surface area (Å²) in [6.45, 7) is 2.20. The standard InChI is InChI=1S/C13H17NO3/c1-13(10-15,11-6-3-2-4-7-11)14-9-5-8-12(16)17/h2-8,14-15H,9-10H2,1H3,(H,16,17)/b8-5+. The van der Waals surface area contributed by atoms with Crippen LogP contribution in [0.5, 0.6) is 0 Å². The number of carbonyl (C=O) groups is 1. The van der Waals surface area contributed by atoms with Crippen molar-refractivity contribution in [3.63, 3.8) is 0 Å². The van der Waals surface area contributed by atoms with Crippen LogP contribution in [-0.4, -0.2) is 29.3 Å². The normalized spacial score (nSPS) is 14.7. The van der Waals surface area contributed by atoms with Gasteiger partial charge in [-0.05, 0) is 12.5 Å². The molecule has 0 bridgehead atoms. The van der Waals surface area contributed by atoms with E-state index < -0.39 is 11.5 Å². The maximum atomic E-state index is 10.3. The highest BCUT2D eigenvalue weighted by Crippen LogP contribution is 2.19. The summed E-state index contributed by atoms with van der Waals surface area (Å²) in [5, 5.41) is 21.0. The monoisotopic (exact) mass is 235 g/mol. The minimum absolute atomic E-state index is 0.0576. The molecule has 0 aliphatic carbocycles. The highest BCUT2D eigenvalue weighted by molar-refractivity contribution is 5.79. The largest absolute Gasteiger partial charge is 0.478 e. The van der Waals surface area contributed by atoms with Crippen molar-refractivity contribution < 1.29 is 15.0 Å². The lowest BCUT2D eigenvalue weighted by molar-refractivity contribution is -0.131. The molecule has 1 rings (SSSR count). The summed E-state index contributed by atoms with van der Waals surface area (Å²) >= 11 is 0. The smallest absolute Gasteiger partial charge is 0.328 e. The van der Waals surface area contributed by atoms with E-state index >= 15 is 0 Å². The van der Waals surface area contributed by atoms with Gasteiger partial charge in [0.15, 0.2) is 0 Å². The molecule has 1 aromatic rings. The first-order valence-electron chi connectivity index (χ1n) is 5.39. The molecule has 0 fully saturated rings. The maximum absolute atomic E-state index is 10.3. The third kappa shape index (κ3) is 4.01. The van der Waals surface area contributed by atoms with Gasteiger partial charge >= 0.3 is 5.97 Å². The van der Waals surface area contributed by atoms with Crippen LogP contribution >= 0.6 is 0 Å². The Morgan fingerprint density at radius 1 is 1.41 bits per heavy atom. The van der Waals surface area contributed by atoms with Crippen molar-refractivity contribution in [1.29, 1.82) is 0 Å². The molecule has 1 aromatic carbocycles. The van der Waals surface area contributed by atoms with Gasteiger partial charge in [-0.25, -0.2) is 4.79 Å². The number of hydrogen-bond acceptors (Lipinski definition) is 3. The third-order valence-electron chi connectivity index (χ3n) is 2.60. The number of carboxylic acids is 1. The van der Waals surface area contributed by atoms with Crippen molar-refractivity contribution in [3.05, 3.63) is 48.0 Å². The van der Waals surface area contributed by atoms with Gasteiger partial charge in [-0.2, -0.15) is 0 Å². The molecule has 0 heterocycles. The first-order chi connectivity index (χ1) is 8.08. The highest BCUT2D eigenvalue weighted by Gasteiger charge is 2.23. The number of aliphatic hydroxyl groups is 1. The number of hydrogen-bond donors (Lipinski definition) is 3. The highest BCUT2D eigenvalue weighted by atomic mass is 16.4. The number of carboxylic acid groups (broad SMARTS) is 1. The van der Waals surface area contributed by atoms with Gasteiger partial charge in [0.2, 0.25) is 0 Å². The van der Waals surface area contributed by atoms with E-state index in [2.05, 4.69) is 5.32 Å². The molecule has 92 valence electrons. The zero-order chi connectivity index (χ0) is 12.7. The van der Waals surface area contributed by atoms with Crippen molar-refractivity contribution in [2.75, 3.05) is 13.2 Å². The van der Waals surface area contributed by atoms with Gasteiger partial charge in [-0.1, -0.05) is 36.4 Å². The Kier molecular flexibility index (Phi) is 4.87. The molecular weight excluding hydrogens is 218 g/mol. The maximum Gasteiger partial charge on any atom is 0.328 e. The summed E-state index contributed by atoms with van der Waals surface area (Å²) < 4.78 is 0. The zero-order valence-corrected chi connectivity index (χ0v) is 9.76. The molecule has 4 heteroatoms. The van der Waals surface area contributed by atoms with E-state index in [4.69, 9.17) is 5.11 Å². The number of aliphatic hydroxyl groups excluding tert-OH is 1. The van der Waals surface area contributed by atoms with Crippen molar-refractivity contribution in [2.24, 2.45) is 0 Å². The van der Waals surface area contributed by atoms with Gasteiger partial charge in [0, 0.05) is 12.6 Å². The Morgan fingerprint density at radius 3 is 2.59 bits per heavy atom. The zero-order valence-electron chi connectivity index (χ0n) is 9.76. The van der Waals surface area contributed by atoms with Crippen molar-refractivity contribution in [3.8, 4) is 0 Å². The van der Waals surface area contributed by atoms with Crippen molar-refractivity contribution >= 4 is 5.97 Å². The van der Waals surface area contributed by atoms with Crippen LogP contribution in [0.25, 0.3) is 0 Å².